The van der Waals surface area contributed by atoms with Crippen molar-refractivity contribution < 1.29 is 4.79 Å². The largest absolute Gasteiger partial charge is 0.280 e. The zero-order valence-electron chi connectivity index (χ0n) is 16.2. The lowest BCUT2D eigenvalue weighted by atomic mass is 10.1. The van der Waals surface area contributed by atoms with Gasteiger partial charge in [0.25, 0.3) is 11.5 Å². The minimum atomic E-state index is -0.425. The Morgan fingerprint density at radius 1 is 1.03 bits per heavy atom. The molecule has 0 saturated carbocycles. The van der Waals surface area contributed by atoms with Crippen molar-refractivity contribution in [3.05, 3.63) is 105 Å². The summed E-state index contributed by atoms with van der Waals surface area (Å²) < 4.78 is 2.17. The molecule has 0 atom stereocenters. The minimum absolute atomic E-state index is 0.331. The van der Waals surface area contributed by atoms with E-state index in [1.165, 1.54) is 10.8 Å². The number of nitrogens with one attached hydrogen (secondary N) is 1. The fraction of sp³-hybridized carbons (Fsp3) is 0.0417. The van der Waals surface area contributed by atoms with Crippen molar-refractivity contribution in [3.63, 3.8) is 0 Å². The first-order chi connectivity index (χ1) is 14.5. The number of fused-ring (bicyclic) bond motifs is 1. The van der Waals surface area contributed by atoms with Gasteiger partial charge in [0, 0.05) is 16.1 Å². The SMILES string of the molecule is Cc1cccc(-c2nc3ccccc3c(=O)n2NC(=O)/C=C/c2ccc(Br)cc2)c1. The third kappa shape index (κ3) is 4.23. The van der Waals surface area contributed by atoms with Crippen LogP contribution in [0.2, 0.25) is 0 Å². The van der Waals surface area contributed by atoms with Gasteiger partial charge in [-0.25, -0.2) is 4.98 Å². The molecule has 0 aliphatic rings. The van der Waals surface area contributed by atoms with E-state index in [0.717, 1.165) is 21.2 Å². The molecule has 148 valence electrons. The summed E-state index contributed by atoms with van der Waals surface area (Å²) in [5.41, 5.74) is 5.57. The van der Waals surface area contributed by atoms with Crippen LogP contribution < -0.4 is 11.0 Å². The van der Waals surface area contributed by atoms with Crippen molar-refractivity contribution in [2.24, 2.45) is 0 Å². The van der Waals surface area contributed by atoms with Crippen LogP contribution in [0.1, 0.15) is 11.1 Å². The van der Waals surface area contributed by atoms with Crippen molar-refractivity contribution in [2.45, 2.75) is 6.92 Å². The van der Waals surface area contributed by atoms with Gasteiger partial charge in [-0.3, -0.25) is 15.0 Å². The number of carbonyl (C=O) groups is 1. The number of carbonyl (C=O) groups excluding carboxylic acids is 1. The number of nitrogens with zero attached hydrogens (tertiary/aromatic N) is 2. The van der Waals surface area contributed by atoms with Crippen LogP contribution in [0.5, 0.6) is 0 Å². The Balaban J connectivity index is 1.75. The highest BCUT2D eigenvalue weighted by Crippen LogP contribution is 2.19. The molecule has 5 nitrogen and oxygen atoms in total. The molecule has 6 heteroatoms. The van der Waals surface area contributed by atoms with Crippen molar-refractivity contribution in [2.75, 3.05) is 5.43 Å². The van der Waals surface area contributed by atoms with Crippen molar-refractivity contribution >= 4 is 38.8 Å². The van der Waals surface area contributed by atoms with E-state index in [4.69, 9.17) is 0 Å². The van der Waals surface area contributed by atoms with E-state index < -0.39 is 5.91 Å². The number of aryl methyl sites for hydroxylation is 1. The molecule has 0 saturated heterocycles. The molecule has 1 N–H and O–H groups in total. The van der Waals surface area contributed by atoms with Gasteiger partial charge in [0.15, 0.2) is 5.82 Å². The summed E-state index contributed by atoms with van der Waals surface area (Å²) in [5, 5.41) is 0.436. The fourth-order valence-corrected chi connectivity index (χ4v) is 3.37. The van der Waals surface area contributed by atoms with Gasteiger partial charge in [-0.05, 0) is 48.9 Å². The second-order valence-electron chi connectivity index (χ2n) is 6.82. The average Bonchev–Trinajstić information content (AvgIpc) is 2.75. The van der Waals surface area contributed by atoms with E-state index in [0.29, 0.717) is 16.7 Å². The molecular weight excluding hydrogens is 442 g/mol. The van der Waals surface area contributed by atoms with Gasteiger partial charge in [0.2, 0.25) is 0 Å². The molecule has 1 aromatic heterocycles. The van der Waals surface area contributed by atoms with Crippen LogP contribution in [0.4, 0.5) is 0 Å². The number of halogens is 1. The van der Waals surface area contributed by atoms with Crippen LogP contribution in [-0.4, -0.2) is 15.6 Å². The molecular formula is C24H18BrN3O2. The third-order valence-corrected chi connectivity index (χ3v) is 5.10. The van der Waals surface area contributed by atoms with Crippen LogP contribution >= 0.6 is 15.9 Å². The molecule has 3 aromatic carbocycles. The minimum Gasteiger partial charge on any atom is -0.268 e. The summed E-state index contributed by atoms with van der Waals surface area (Å²) in [6, 6.07) is 22.3. The van der Waals surface area contributed by atoms with E-state index in [1.807, 2.05) is 61.5 Å². The highest BCUT2D eigenvalue weighted by molar-refractivity contribution is 9.10. The highest BCUT2D eigenvalue weighted by Gasteiger charge is 2.14. The molecule has 0 fully saturated rings. The number of hydrogen-bond donors (Lipinski definition) is 1. The second kappa shape index (κ2) is 8.47. The van der Waals surface area contributed by atoms with Gasteiger partial charge in [-0.2, -0.15) is 4.68 Å². The maximum atomic E-state index is 13.1. The lowest BCUT2D eigenvalue weighted by Crippen LogP contribution is -2.34. The lowest BCUT2D eigenvalue weighted by molar-refractivity contribution is -0.112. The summed E-state index contributed by atoms with van der Waals surface area (Å²) in [6.45, 7) is 1.96. The van der Waals surface area contributed by atoms with Crippen molar-refractivity contribution in [3.8, 4) is 11.4 Å². The molecule has 0 aliphatic carbocycles. The van der Waals surface area contributed by atoms with Gasteiger partial charge >= 0.3 is 0 Å². The molecule has 0 aliphatic heterocycles. The number of benzene rings is 3. The van der Waals surface area contributed by atoms with E-state index in [9.17, 15) is 9.59 Å². The lowest BCUT2D eigenvalue weighted by Gasteiger charge is -2.14. The second-order valence-corrected chi connectivity index (χ2v) is 7.74. The normalized spacial score (nSPS) is 11.1. The predicted molar refractivity (Wildman–Crippen MR) is 124 cm³/mol. The molecule has 0 radical (unpaired) electrons. The highest BCUT2D eigenvalue weighted by atomic mass is 79.9. The first-order valence-corrected chi connectivity index (χ1v) is 10.1. The Morgan fingerprint density at radius 2 is 1.80 bits per heavy atom. The number of amides is 1. The standard InChI is InChI=1S/C24H18BrN3O2/c1-16-5-4-6-18(15-16)23-26-21-8-3-2-7-20(21)24(30)28(23)27-22(29)14-11-17-9-12-19(25)13-10-17/h2-15H,1H3,(H,27,29)/b14-11+. The quantitative estimate of drug-likeness (QED) is 0.440. The first-order valence-electron chi connectivity index (χ1n) is 9.35. The molecule has 0 spiro atoms. The van der Waals surface area contributed by atoms with Gasteiger partial charge in [0.1, 0.15) is 0 Å². The van der Waals surface area contributed by atoms with E-state index >= 15 is 0 Å². The summed E-state index contributed by atoms with van der Waals surface area (Å²) in [5.74, 6) is -0.0428. The number of hydrogen-bond acceptors (Lipinski definition) is 3. The molecule has 0 unspecified atom stereocenters. The smallest absolute Gasteiger partial charge is 0.268 e. The van der Waals surface area contributed by atoms with Gasteiger partial charge < -0.3 is 0 Å². The van der Waals surface area contributed by atoms with Crippen LogP contribution in [0.3, 0.4) is 0 Å². The Hall–Kier alpha value is -3.51. The fourth-order valence-electron chi connectivity index (χ4n) is 3.11. The molecule has 4 aromatic rings. The Kier molecular flexibility index (Phi) is 5.59. The Morgan fingerprint density at radius 3 is 2.57 bits per heavy atom. The summed E-state index contributed by atoms with van der Waals surface area (Å²) in [6.07, 6.45) is 3.08. The molecule has 30 heavy (non-hydrogen) atoms. The van der Waals surface area contributed by atoms with Gasteiger partial charge in [-0.15, -0.1) is 0 Å². The maximum Gasteiger partial charge on any atom is 0.280 e. The van der Waals surface area contributed by atoms with E-state index in [2.05, 4.69) is 26.3 Å². The number of para-hydroxylation sites is 1. The van der Waals surface area contributed by atoms with Crippen LogP contribution in [-0.2, 0) is 4.79 Å². The summed E-state index contributed by atoms with van der Waals surface area (Å²) in [4.78, 5) is 30.4. The van der Waals surface area contributed by atoms with Gasteiger partial charge in [0.05, 0.1) is 10.9 Å². The topological polar surface area (TPSA) is 64.0 Å². The van der Waals surface area contributed by atoms with Crippen LogP contribution in [0.15, 0.2) is 88.1 Å². The van der Waals surface area contributed by atoms with Crippen molar-refractivity contribution in [1.82, 2.24) is 9.66 Å². The van der Waals surface area contributed by atoms with E-state index in [-0.39, 0.29) is 5.56 Å². The molecule has 1 heterocycles. The predicted octanol–water partition coefficient (Wildman–Crippen LogP) is 4.92. The number of rotatable bonds is 4. The van der Waals surface area contributed by atoms with Crippen LogP contribution in [0.25, 0.3) is 28.4 Å². The average molecular weight is 460 g/mol. The molecule has 0 bridgehead atoms. The Bertz CT molecular complexity index is 1320. The summed E-state index contributed by atoms with van der Waals surface area (Å²) in [7, 11) is 0. The molecule has 4 rings (SSSR count). The van der Waals surface area contributed by atoms with Gasteiger partial charge in [-0.1, -0.05) is 64.0 Å². The Labute approximate surface area is 181 Å². The molecule has 1 amide bonds. The zero-order chi connectivity index (χ0) is 21.1. The number of aromatic nitrogens is 2. The van der Waals surface area contributed by atoms with E-state index in [1.54, 1.807) is 24.3 Å². The zero-order valence-corrected chi connectivity index (χ0v) is 17.8. The first kappa shape index (κ1) is 19.8. The van der Waals surface area contributed by atoms with Crippen molar-refractivity contribution in [1.29, 1.82) is 0 Å². The monoisotopic (exact) mass is 459 g/mol. The maximum absolute atomic E-state index is 13.1. The summed E-state index contributed by atoms with van der Waals surface area (Å²) >= 11 is 3.38. The third-order valence-electron chi connectivity index (χ3n) is 4.57. The van der Waals surface area contributed by atoms with Crippen LogP contribution in [0, 0.1) is 6.92 Å².